The average molecular weight is 513 g/mol. The predicted octanol–water partition coefficient (Wildman–Crippen LogP) is 4.98. The molecule has 0 aliphatic carbocycles. The zero-order valence-corrected chi connectivity index (χ0v) is 21.7. The minimum absolute atomic E-state index is 0.260. The van der Waals surface area contributed by atoms with Crippen LogP contribution in [0.25, 0.3) is 22.0 Å². The molecule has 0 atom stereocenters. The normalized spacial score (nSPS) is 9.55. The highest BCUT2D eigenvalue weighted by Gasteiger charge is 2.07. The Labute approximate surface area is 222 Å². The zero-order chi connectivity index (χ0) is 27.8. The highest BCUT2D eigenvalue weighted by molar-refractivity contribution is 6.06. The van der Waals surface area contributed by atoms with Crippen LogP contribution < -0.4 is 20.7 Å². The molecule has 38 heavy (non-hydrogen) atoms. The van der Waals surface area contributed by atoms with Gasteiger partial charge in [-0.1, -0.05) is 43.0 Å². The molecule has 4 rings (SSSR count). The molecule has 3 N–H and O–H groups in total. The number of aldehydes is 2. The number of amides is 1. The number of ether oxygens (including phenoxy) is 1. The third kappa shape index (κ3) is 9.00. The molecule has 3 aromatic carbocycles. The number of rotatable bonds is 8. The van der Waals surface area contributed by atoms with E-state index in [4.69, 9.17) is 4.74 Å². The van der Waals surface area contributed by atoms with Crippen molar-refractivity contribution < 1.29 is 19.1 Å². The molecule has 0 aliphatic heterocycles. The molecule has 0 fully saturated rings. The molecule has 196 valence electrons. The molecule has 0 spiro atoms. The van der Waals surface area contributed by atoms with Crippen LogP contribution in [0, 0.1) is 0 Å². The molecule has 8 nitrogen and oxygen atoms in total. The van der Waals surface area contributed by atoms with Crippen LogP contribution in [0.1, 0.15) is 10.5 Å². The minimum atomic E-state index is -0.260. The molecule has 8 heteroatoms. The monoisotopic (exact) mass is 512 g/mol. The lowest BCUT2D eigenvalue weighted by Gasteiger charge is -2.09. The number of hydrogen-bond donors (Lipinski definition) is 3. The maximum absolute atomic E-state index is 11.6. The van der Waals surface area contributed by atoms with Gasteiger partial charge in [0.15, 0.2) is 6.29 Å². The molecule has 0 aliphatic rings. The molecule has 0 radical (unpaired) electrons. The number of methoxy groups -OCH3 is 1. The smallest absolute Gasteiger partial charge is 0.247 e. The second kappa shape index (κ2) is 16.0. The SMILES string of the molecule is C=CC(=O)Nc1cccc2ccc(-c3cccc(C=O)n3)cc12.CNCC=O.CNc1cccc(OC)c1. The molecule has 1 amide bonds. The van der Waals surface area contributed by atoms with Gasteiger partial charge in [-0.25, -0.2) is 4.98 Å². The summed E-state index contributed by atoms with van der Waals surface area (Å²) in [6.45, 7) is 3.92. The number of nitrogens with one attached hydrogen (secondary N) is 3. The van der Waals surface area contributed by atoms with Gasteiger partial charge in [-0.15, -0.1) is 0 Å². The van der Waals surface area contributed by atoms with Gasteiger partial charge in [0.05, 0.1) is 19.3 Å². The van der Waals surface area contributed by atoms with Gasteiger partial charge in [0.1, 0.15) is 17.7 Å². The Bertz CT molecular complexity index is 1350. The Hall–Kier alpha value is -4.82. The van der Waals surface area contributed by atoms with Crippen LogP contribution in [-0.2, 0) is 9.59 Å². The summed E-state index contributed by atoms with van der Waals surface area (Å²) in [6.07, 6.45) is 2.78. The lowest BCUT2D eigenvalue weighted by molar-refractivity contribution is -0.112. The van der Waals surface area contributed by atoms with Crippen molar-refractivity contribution in [3.8, 4) is 17.0 Å². The quantitative estimate of drug-likeness (QED) is 0.226. The Morgan fingerprint density at radius 3 is 2.37 bits per heavy atom. The van der Waals surface area contributed by atoms with Crippen molar-refractivity contribution in [3.63, 3.8) is 0 Å². The second-order valence-electron chi connectivity index (χ2n) is 7.71. The van der Waals surface area contributed by atoms with Gasteiger partial charge in [0.25, 0.3) is 0 Å². The average Bonchev–Trinajstić information content (AvgIpc) is 2.98. The third-order valence-electron chi connectivity index (χ3n) is 5.16. The standard InChI is InChI=1S/C19H14N2O2.C8H11NO.C3H7NO/c1-2-19(23)21-18-8-3-5-13-9-10-14(11-16(13)18)17-7-4-6-15(12-22)20-17;1-9-7-4-3-5-8(6-7)10-2;1-4-2-3-5/h2-12H,1H2,(H,21,23);3-6,9H,1-2H3;3-4H,2H2,1H3. The van der Waals surface area contributed by atoms with Crippen molar-refractivity contribution in [2.24, 2.45) is 0 Å². The van der Waals surface area contributed by atoms with Crippen LogP contribution in [0.15, 0.2) is 91.5 Å². The van der Waals surface area contributed by atoms with E-state index in [-0.39, 0.29) is 5.91 Å². The molecular formula is C30H32N4O4. The Kier molecular flexibility index (Phi) is 12.4. The zero-order valence-electron chi connectivity index (χ0n) is 21.7. The van der Waals surface area contributed by atoms with E-state index in [2.05, 4.69) is 27.5 Å². The topological polar surface area (TPSA) is 109 Å². The van der Waals surface area contributed by atoms with Crippen molar-refractivity contribution >= 4 is 40.6 Å². The third-order valence-corrected chi connectivity index (χ3v) is 5.16. The number of aromatic nitrogens is 1. The van der Waals surface area contributed by atoms with Crippen LogP contribution >= 0.6 is 0 Å². The second-order valence-corrected chi connectivity index (χ2v) is 7.71. The van der Waals surface area contributed by atoms with Gasteiger partial charge >= 0.3 is 0 Å². The van der Waals surface area contributed by atoms with E-state index in [1.807, 2.05) is 73.8 Å². The van der Waals surface area contributed by atoms with Gasteiger partial charge in [-0.2, -0.15) is 0 Å². The number of carbonyl (C=O) groups excluding carboxylic acids is 3. The van der Waals surface area contributed by atoms with Gasteiger partial charge in [-0.3, -0.25) is 9.59 Å². The fraction of sp³-hybridized carbons (Fsp3) is 0.133. The molecule has 1 aromatic heterocycles. The van der Waals surface area contributed by atoms with Crippen molar-refractivity contribution in [1.29, 1.82) is 0 Å². The summed E-state index contributed by atoms with van der Waals surface area (Å²) in [5, 5.41) is 10.4. The van der Waals surface area contributed by atoms with E-state index in [0.717, 1.165) is 40.3 Å². The fourth-order valence-corrected chi connectivity index (χ4v) is 3.26. The summed E-state index contributed by atoms with van der Waals surface area (Å²) in [6, 6.07) is 24.6. The maximum atomic E-state index is 11.6. The summed E-state index contributed by atoms with van der Waals surface area (Å²) >= 11 is 0. The minimum Gasteiger partial charge on any atom is -0.497 e. The Morgan fingerprint density at radius 1 is 0.974 bits per heavy atom. The summed E-state index contributed by atoms with van der Waals surface area (Å²) in [5.41, 5.74) is 3.75. The van der Waals surface area contributed by atoms with E-state index in [0.29, 0.717) is 23.6 Å². The number of hydrogen-bond acceptors (Lipinski definition) is 7. The molecular weight excluding hydrogens is 480 g/mol. The first-order chi connectivity index (χ1) is 18.5. The molecule has 1 heterocycles. The lowest BCUT2D eigenvalue weighted by Crippen LogP contribution is -2.07. The predicted molar refractivity (Wildman–Crippen MR) is 154 cm³/mol. The van der Waals surface area contributed by atoms with Gasteiger partial charge in [0.2, 0.25) is 5.91 Å². The molecule has 0 unspecified atom stereocenters. The van der Waals surface area contributed by atoms with Crippen molar-refractivity contribution in [2.45, 2.75) is 0 Å². The highest BCUT2D eigenvalue weighted by atomic mass is 16.5. The first kappa shape index (κ1) is 29.4. The van der Waals surface area contributed by atoms with Crippen molar-refractivity contribution in [3.05, 3.63) is 97.2 Å². The highest BCUT2D eigenvalue weighted by Crippen LogP contribution is 2.28. The van der Waals surface area contributed by atoms with Crippen molar-refractivity contribution in [2.75, 3.05) is 38.4 Å². The van der Waals surface area contributed by atoms with E-state index < -0.39 is 0 Å². The van der Waals surface area contributed by atoms with E-state index >= 15 is 0 Å². The van der Waals surface area contributed by atoms with Crippen LogP contribution in [0.5, 0.6) is 5.75 Å². The van der Waals surface area contributed by atoms with Crippen LogP contribution in [0.2, 0.25) is 0 Å². The summed E-state index contributed by atoms with van der Waals surface area (Å²) in [4.78, 5) is 36.1. The van der Waals surface area contributed by atoms with Crippen LogP contribution in [-0.4, -0.2) is 51.2 Å². The number of nitrogens with zero attached hydrogens (tertiary/aromatic N) is 1. The summed E-state index contributed by atoms with van der Waals surface area (Å²) in [7, 11) is 5.28. The lowest BCUT2D eigenvalue weighted by atomic mass is 10.0. The van der Waals surface area contributed by atoms with Crippen LogP contribution in [0.3, 0.4) is 0 Å². The number of carbonyl (C=O) groups is 3. The van der Waals surface area contributed by atoms with Crippen LogP contribution in [0.4, 0.5) is 11.4 Å². The van der Waals surface area contributed by atoms with Crippen molar-refractivity contribution in [1.82, 2.24) is 10.3 Å². The first-order valence-electron chi connectivity index (χ1n) is 11.8. The molecule has 0 saturated heterocycles. The number of fused-ring (bicyclic) bond motifs is 1. The first-order valence-corrected chi connectivity index (χ1v) is 11.8. The van der Waals surface area contributed by atoms with Gasteiger partial charge in [-0.05, 0) is 54.9 Å². The molecule has 0 bridgehead atoms. The van der Waals surface area contributed by atoms with E-state index in [1.165, 1.54) is 6.08 Å². The Balaban J connectivity index is 0.000000279. The summed E-state index contributed by atoms with van der Waals surface area (Å²) < 4.78 is 5.02. The van der Waals surface area contributed by atoms with E-state index in [9.17, 15) is 14.4 Å². The van der Waals surface area contributed by atoms with E-state index in [1.54, 1.807) is 26.3 Å². The van der Waals surface area contributed by atoms with Gasteiger partial charge < -0.3 is 25.5 Å². The molecule has 0 saturated carbocycles. The Morgan fingerprint density at radius 2 is 1.74 bits per heavy atom. The number of benzene rings is 3. The largest absolute Gasteiger partial charge is 0.497 e. The molecule has 4 aromatic rings. The maximum Gasteiger partial charge on any atom is 0.247 e. The number of likely N-dealkylation sites (N-methyl/N-ethyl adjacent to an activating group) is 1. The van der Waals surface area contributed by atoms with Gasteiger partial charge in [0, 0.05) is 35.4 Å². The fourth-order valence-electron chi connectivity index (χ4n) is 3.26. The number of pyridine rings is 1. The number of anilines is 2. The summed E-state index contributed by atoms with van der Waals surface area (Å²) in [5.74, 6) is 0.621.